The fraction of sp³-hybridized carbons (Fsp3) is 0.188. The van der Waals surface area contributed by atoms with Gasteiger partial charge in [-0.25, -0.2) is 0 Å². The molecule has 0 aromatic heterocycles. The van der Waals surface area contributed by atoms with Gasteiger partial charge >= 0.3 is 0 Å². The van der Waals surface area contributed by atoms with Gasteiger partial charge in [-0.05, 0) is 12.1 Å². The highest BCUT2D eigenvalue weighted by molar-refractivity contribution is 8.76. The minimum atomic E-state index is -1.76. The Morgan fingerprint density at radius 2 is 1.85 bits per heavy atom. The highest BCUT2D eigenvalue weighted by atomic mass is 35.6. The summed E-state index contributed by atoms with van der Waals surface area (Å²) in [6.07, 6.45) is 0. The third-order valence-electron chi connectivity index (χ3n) is 3.52. The molecule has 136 valence electrons. The molecule has 0 fully saturated rings. The van der Waals surface area contributed by atoms with Crippen LogP contribution in [0.4, 0.5) is 5.69 Å². The van der Waals surface area contributed by atoms with Gasteiger partial charge < -0.3 is 5.32 Å². The predicted octanol–water partition coefficient (Wildman–Crippen LogP) is 5.57. The molecule has 3 rings (SSSR count). The van der Waals surface area contributed by atoms with E-state index in [1.54, 1.807) is 6.07 Å². The topological polar surface area (TPSA) is 67.5 Å². The van der Waals surface area contributed by atoms with Crippen LogP contribution in [-0.2, 0) is 3.79 Å². The van der Waals surface area contributed by atoms with Crippen molar-refractivity contribution >= 4 is 67.9 Å². The van der Waals surface area contributed by atoms with Gasteiger partial charge in [-0.2, -0.15) is 0 Å². The monoisotopic (exact) mass is 447 g/mol. The van der Waals surface area contributed by atoms with Crippen molar-refractivity contribution in [2.24, 2.45) is 4.99 Å². The second kappa shape index (κ2) is 8.27. The van der Waals surface area contributed by atoms with Crippen molar-refractivity contribution in [1.29, 1.82) is 0 Å². The van der Waals surface area contributed by atoms with Crippen molar-refractivity contribution in [3.8, 4) is 0 Å². The Morgan fingerprint density at radius 3 is 2.50 bits per heavy atom. The van der Waals surface area contributed by atoms with Gasteiger partial charge in [0.05, 0.1) is 11.5 Å². The number of amidine groups is 1. The van der Waals surface area contributed by atoms with Crippen molar-refractivity contribution in [1.82, 2.24) is 5.32 Å². The largest absolute Gasteiger partial charge is 0.368 e. The molecule has 0 unspecified atom stereocenters. The van der Waals surface area contributed by atoms with Gasteiger partial charge in [-0.3, -0.25) is 15.1 Å². The Balaban J connectivity index is 1.88. The van der Waals surface area contributed by atoms with Gasteiger partial charge in [-0.1, -0.05) is 74.6 Å². The Morgan fingerprint density at radius 1 is 1.12 bits per heavy atom. The molecule has 2 aromatic carbocycles. The quantitative estimate of drug-likeness (QED) is 0.280. The zero-order valence-electron chi connectivity index (χ0n) is 13.1. The molecule has 26 heavy (non-hydrogen) atoms. The SMILES string of the molecule is O=[N+]([O-])c1ccc(SSc2ccccc2C2=NCCN2)c(C(Cl)(Cl)Cl)c1. The van der Waals surface area contributed by atoms with E-state index >= 15 is 0 Å². The molecule has 0 saturated heterocycles. The zero-order valence-corrected chi connectivity index (χ0v) is 17.0. The summed E-state index contributed by atoms with van der Waals surface area (Å²) < 4.78 is -1.76. The van der Waals surface area contributed by atoms with Gasteiger partial charge in [-0.15, -0.1) is 0 Å². The third-order valence-corrected chi connectivity index (χ3v) is 6.61. The first-order valence-electron chi connectivity index (χ1n) is 7.44. The van der Waals surface area contributed by atoms with Crippen LogP contribution in [0.5, 0.6) is 0 Å². The number of hydrogen-bond donors (Lipinski definition) is 1. The molecule has 0 radical (unpaired) electrons. The van der Waals surface area contributed by atoms with Crippen molar-refractivity contribution in [3.63, 3.8) is 0 Å². The van der Waals surface area contributed by atoms with Crippen LogP contribution in [0, 0.1) is 10.1 Å². The Bertz CT molecular complexity index is 872. The summed E-state index contributed by atoms with van der Waals surface area (Å²) in [5.41, 5.74) is 1.16. The second-order valence-corrected chi connectivity index (χ2v) is 9.75. The number of nitrogens with zero attached hydrogens (tertiary/aromatic N) is 2. The van der Waals surface area contributed by atoms with E-state index in [4.69, 9.17) is 34.8 Å². The smallest absolute Gasteiger partial charge is 0.269 e. The number of nitrogens with one attached hydrogen (secondary N) is 1. The lowest BCUT2D eigenvalue weighted by molar-refractivity contribution is -0.385. The number of nitro groups is 1. The second-order valence-electron chi connectivity index (χ2n) is 5.26. The van der Waals surface area contributed by atoms with Crippen LogP contribution in [0.3, 0.4) is 0 Å². The molecule has 0 amide bonds. The van der Waals surface area contributed by atoms with Crippen LogP contribution in [0.25, 0.3) is 0 Å². The maximum absolute atomic E-state index is 11.0. The van der Waals surface area contributed by atoms with Gasteiger partial charge in [0.25, 0.3) is 5.69 Å². The summed E-state index contributed by atoms with van der Waals surface area (Å²) in [6.45, 7) is 1.57. The first kappa shape index (κ1) is 19.6. The number of alkyl halides is 3. The lowest BCUT2D eigenvalue weighted by atomic mass is 10.2. The molecule has 1 heterocycles. The molecule has 0 bridgehead atoms. The Labute approximate surface area is 173 Å². The van der Waals surface area contributed by atoms with Gasteiger partial charge in [0, 0.05) is 39.6 Å². The van der Waals surface area contributed by atoms with Crippen molar-refractivity contribution in [2.75, 3.05) is 13.1 Å². The first-order chi connectivity index (χ1) is 12.4. The maximum Gasteiger partial charge on any atom is 0.269 e. The number of halogens is 3. The molecule has 1 aliphatic heterocycles. The van der Waals surface area contributed by atoms with E-state index in [-0.39, 0.29) is 11.3 Å². The summed E-state index contributed by atoms with van der Waals surface area (Å²) >= 11 is 18.0. The first-order valence-corrected chi connectivity index (χ1v) is 10.7. The van der Waals surface area contributed by atoms with Crippen molar-refractivity contribution in [3.05, 3.63) is 63.7 Å². The molecule has 5 nitrogen and oxygen atoms in total. The van der Waals surface area contributed by atoms with E-state index in [1.807, 2.05) is 24.3 Å². The molecule has 0 atom stereocenters. The number of benzene rings is 2. The van der Waals surface area contributed by atoms with Crippen LogP contribution < -0.4 is 5.32 Å². The fourth-order valence-corrected chi connectivity index (χ4v) is 5.37. The average Bonchev–Trinajstić information content (AvgIpc) is 3.13. The minimum absolute atomic E-state index is 0.120. The molecule has 1 N–H and O–H groups in total. The number of hydrogen-bond acceptors (Lipinski definition) is 6. The summed E-state index contributed by atoms with van der Waals surface area (Å²) in [4.78, 5) is 16.6. The highest BCUT2D eigenvalue weighted by Gasteiger charge is 2.29. The summed E-state index contributed by atoms with van der Waals surface area (Å²) in [5, 5.41) is 14.3. The highest BCUT2D eigenvalue weighted by Crippen LogP contribution is 2.48. The van der Waals surface area contributed by atoms with Gasteiger partial charge in [0.15, 0.2) is 0 Å². The molecule has 0 aliphatic carbocycles. The Kier molecular flexibility index (Phi) is 6.25. The fourth-order valence-electron chi connectivity index (χ4n) is 2.33. The number of aliphatic imine (C=N–C) groups is 1. The molecule has 1 aliphatic rings. The van der Waals surface area contributed by atoms with E-state index in [0.717, 1.165) is 29.4 Å². The van der Waals surface area contributed by atoms with E-state index in [0.29, 0.717) is 4.90 Å². The van der Waals surface area contributed by atoms with Crippen LogP contribution in [0.1, 0.15) is 11.1 Å². The Hall–Kier alpha value is -1.12. The molecule has 0 spiro atoms. The number of rotatable bonds is 5. The van der Waals surface area contributed by atoms with Crippen LogP contribution in [0.15, 0.2) is 57.2 Å². The lowest BCUT2D eigenvalue weighted by Crippen LogP contribution is -2.19. The summed E-state index contributed by atoms with van der Waals surface area (Å²) in [6, 6.07) is 12.2. The summed E-state index contributed by atoms with van der Waals surface area (Å²) in [7, 11) is 2.86. The predicted molar refractivity (Wildman–Crippen MR) is 110 cm³/mol. The molecule has 10 heteroatoms. The van der Waals surface area contributed by atoms with Gasteiger partial charge in [0.1, 0.15) is 5.84 Å². The lowest BCUT2D eigenvalue weighted by Gasteiger charge is -2.16. The van der Waals surface area contributed by atoms with E-state index < -0.39 is 8.72 Å². The minimum Gasteiger partial charge on any atom is -0.368 e. The van der Waals surface area contributed by atoms with Crippen molar-refractivity contribution < 1.29 is 4.92 Å². The average molecular weight is 449 g/mol. The van der Waals surface area contributed by atoms with E-state index in [1.165, 1.54) is 33.7 Å². The summed E-state index contributed by atoms with van der Waals surface area (Å²) in [5.74, 6) is 0.860. The standard InChI is InChI=1S/C16H12Cl3N3O2S2/c17-16(18,19)12-9-10(22(23)24)5-6-14(12)26-25-13-4-2-1-3-11(13)15-20-7-8-21-15/h1-6,9H,7-8H2,(H,20,21). The number of non-ortho nitro benzene ring substituents is 1. The zero-order chi connectivity index (χ0) is 18.7. The van der Waals surface area contributed by atoms with Crippen LogP contribution in [0.2, 0.25) is 0 Å². The van der Waals surface area contributed by atoms with Gasteiger partial charge in [0.2, 0.25) is 3.79 Å². The van der Waals surface area contributed by atoms with Crippen LogP contribution in [-0.4, -0.2) is 23.8 Å². The third kappa shape index (κ3) is 4.58. The molecule has 2 aromatic rings. The number of nitro benzene ring substituents is 1. The van der Waals surface area contributed by atoms with Crippen molar-refractivity contribution in [2.45, 2.75) is 13.6 Å². The van der Waals surface area contributed by atoms with E-state index in [2.05, 4.69) is 10.3 Å². The van der Waals surface area contributed by atoms with Crippen LogP contribution >= 0.6 is 56.4 Å². The normalized spacial score (nSPS) is 14.0. The molecular formula is C16H12Cl3N3O2S2. The van der Waals surface area contributed by atoms with E-state index in [9.17, 15) is 10.1 Å². The molecule has 0 saturated carbocycles. The molecular weight excluding hydrogens is 437 g/mol. The maximum atomic E-state index is 11.0.